The number of rotatable bonds is 7. The summed E-state index contributed by atoms with van der Waals surface area (Å²) in [7, 11) is 0. The molecule has 1 fully saturated rings. The Morgan fingerprint density at radius 2 is 2.06 bits per heavy atom. The molecular weight excluding hydrogens is 471 g/mol. The van der Waals surface area contributed by atoms with Crippen molar-refractivity contribution in [2.45, 2.75) is 25.2 Å². The Morgan fingerprint density at radius 1 is 1.26 bits per heavy atom. The van der Waals surface area contributed by atoms with E-state index in [1.54, 1.807) is 24.3 Å². The van der Waals surface area contributed by atoms with E-state index >= 15 is 0 Å². The van der Waals surface area contributed by atoms with Gasteiger partial charge in [0.15, 0.2) is 6.20 Å². The smallest absolute Gasteiger partial charge is 0.338 e. The third-order valence-electron chi connectivity index (χ3n) is 6.34. The number of nitrogens with one attached hydrogen (secondary N) is 1. The zero-order valence-electron chi connectivity index (χ0n) is 18.5. The second kappa shape index (κ2) is 9.03. The molecule has 2 aromatic heterocycles. The number of nitrogens with two attached hydrogens (primary N) is 1. The lowest BCUT2D eigenvalue weighted by Crippen LogP contribution is -2.34. The number of aromatic amines is 1. The number of aromatic nitrogens is 3. The monoisotopic (exact) mass is 492 g/mol. The fourth-order valence-electron chi connectivity index (χ4n) is 4.32. The number of carboxylic acids is 1. The van der Waals surface area contributed by atoms with Gasteiger partial charge in [-0.3, -0.25) is 0 Å². The molecule has 1 unspecified atom stereocenters. The molecule has 9 heteroatoms. The van der Waals surface area contributed by atoms with Crippen LogP contribution in [0.5, 0.6) is 0 Å². The number of imidazole rings is 1. The maximum Gasteiger partial charge on any atom is 0.338 e. The van der Waals surface area contributed by atoms with Crippen LogP contribution in [0.4, 0.5) is 10.1 Å². The van der Waals surface area contributed by atoms with E-state index < -0.39 is 17.3 Å². The van der Waals surface area contributed by atoms with Gasteiger partial charge >= 0.3 is 5.97 Å². The Hall–Kier alpha value is -3.91. The lowest BCUT2D eigenvalue weighted by atomic mass is 9.95. The second-order valence-corrected chi connectivity index (χ2v) is 9.22. The molecule has 5 rings (SSSR count). The summed E-state index contributed by atoms with van der Waals surface area (Å²) >= 11 is 6.11. The van der Waals surface area contributed by atoms with Crippen molar-refractivity contribution in [1.82, 2.24) is 9.97 Å². The standard InChI is InChI=1S/C26H22ClFN4O3/c27-16-7-8-21(29)19(11-16)15-6-9-23(32(35)13-15)20(10-14-4-5-14)25-30-12-22(31-25)17-2-1-3-18(24(17)28)26(33)34/h1-3,6-9,11-14,20H,4-5,10,29H2,(H,30,31)(H,33,34). The number of aromatic carboxylic acids is 1. The zero-order valence-corrected chi connectivity index (χ0v) is 19.3. The van der Waals surface area contributed by atoms with Crippen molar-refractivity contribution in [3.8, 4) is 22.4 Å². The zero-order chi connectivity index (χ0) is 24.7. The number of H-pyrrole nitrogens is 1. The van der Waals surface area contributed by atoms with E-state index in [2.05, 4.69) is 9.97 Å². The molecule has 0 spiro atoms. The fourth-order valence-corrected chi connectivity index (χ4v) is 4.49. The Balaban J connectivity index is 1.52. The van der Waals surface area contributed by atoms with E-state index in [1.165, 1.54) is 30.6 Å². The molecule has 35 heavy (non-hydrogen) atoms. The van der Waals surface area contributed by atoms with Crippen LogP contribution in [0.3, 0.4) is 0 Å². The number of hydrogen-bond donors (Lipinski definition) is 3. The van der Waals surface area contributed by atoms with Crippen LogP contribution < -0.4 is 10.5 Å². The van der Waals surface area contributed by atoms with Crippen molar-refractivity contribution in [2.75, 3.05) is 5.73 Å². The van der Waals surface area contributed by atoms with Crippen LogP contribution in [0.1, 0.15) is 47.1 Å². The van der Waals surface area contributed by atoms with Gasteiger partial charge < -0.3 is 21.0 Å². The number of anilines is 1. The molecule has 1 aliphatic carbocycles. The van der Waals surface area contributed by atoms with Crippen LogP contribution >= 0.6 is 11.6 Å². The molecule has 2 aromatic carbocycles. The van der Waals surface area contributed by atoms with Crippen LogP contribution in [-0.4, -0.2) is 21.0 Å². The predicted octanol–water partition coefficient (Wildman–Crippen LogP) is 5.38. The van der Waals surface area contributed by atoms with Crippen molar-refractivity contribution in [2.24, 2.45) is 5.92 Å². The topological polar surface area (TPSA) is 119 Å². The number of nitrogens with zero attached hydrogens (tertiary/aromatic N) is 2. The van der Waals surface area contributed by atoms with E-state index in [0.29, 0.717) is 51.4 Å². The summed E-state index contributed by atoms with van der Waals surface area (Å²) in [5, 5.41) is 22.9. The van der Waals surface area contributed by atoms with Gasteiger partial charge in [-0.1, -0.05) is 30.5 Å². The lowest BCUT2D eigenvalue weighted by molar-refractivity contribution is -0.614. The summed E-state index contributed by atoms with van der Waals surface area (Å²) in [6.45, 7) is 0. The van der Waals surface area contributed by atoms with Crippen LogP contribution in [0.2, 0.25) is 5.02 Å². The van der Waals surface area contributed by atoms with Crippen LogP contribution in [0.15, 0.2) is 60.9 Å². The third kappa shape index (κ3) is 4.57. The van der Waals surface area contributed by atoms with Gasteiger partial charge in [0, 0.05) is 33.5 Å². The van der Waals surface area contributed by atoms with Gasteiger partial charge in [-0.05, 0) is 48.7 Å². The highest BCUT2D eigenvalue weighted by atomic mass is 35.5. The van der Waals surface area contributed by atoms with E-state index in [9.17, 15) is 19.5 Å². The first kappa shape index (κ1) is 22.9. The average Bonchev–Trinajstić information content (AvgIpc) is 3.52. The molecular formula is C26H22ClFN4O3. The molecule has 1 saturated carbocycles. The number of hydrogen-bond acceptors (Lipinski definition) is 4. The van der Waals surface area contributed by atoms with Crippen molar-refractivity contribution in [3.05, 3.63) is 94.1 Å². The molecule has 0 aliphatic heterocycles. The van der Waals surface area contributed by atoms with Crippen LogP contribution in [0.25, 0.3) is 22.4 Å². The maximum absolute atomic E-state index is 14.8. The molecule has 1 aliphatic rings. The minimum absolute atomic E-state index is 0.107. The number of benzene rings is 2. The maximum atomic E-state index is 14.8. The van der Waals surface area contributed by atoms with Crippen molar-refractivity contribution >= 4 is 23.3 Å². The normalized spacial score (nSPS) is 14.1. The van der Waals surface area contributed by atoms with Gasteiger partial charge in [-0.25, -0.2) is 14.2 Å². The minimum atomic E-state index is -1.34. The van der Waals surface area contributed by atoms with E-state index in [0.717, 1.165) is 17.6 Å². The van der Waals surface area contributed by atoms with Crippen molar-refractivity contribution in [1.29, 1.82) is 0 Å². The summed E-state index contributed by atoms with van der Waals surface area (Å²) in [5.41, 5.74) is 8.44. The average molecular weight is 493 g/mol. The molecule has 4 N–H and O–H groups in total. The summed E-state index contributed by atoms with van der Waals surface area (Å²) in [4.78, 5) is 18.9. The SMILES string of the molecule is Nc1ccc(Cl)cc1-c1ccc(C(CC2CC2)c2ncc(-c3cccc(C(=O)O)c3F)[nH]2)[n+]([O-])c1. The van der Waals surface area contributed by atoms with E-state index in [4.69, 9.17) is 17.3 Å². The number of halogens is 2. The number of carboxylic acid groups (broad SMARTS) is 1. The predicted molar refractivity (Wildman–Crippen MR) is 130 cm³/mol. The van der Waals surface area contributed by atoms with Crippen molar-refractivity contribution < 1.29 is 19.0 Å². The first-order chi connectivity index (χ1) is 16.8. The first-order valence-corrected chi connectivity index (χ1v) is 11.5. The highest BCUT2D eigenvalue weighted by Crippen LogP contribution is 2.41. The molecule has 2 heterocycles. The number of nitrogen functional groups attached to an aromatic ring is 1. The summed E-state index contributed by atoms with van der Waals surface area (Å²) in [6, 6.07) is 12.9. The molecule has 0 saturated heterocycles. The first-order valence-electron chi connectivity index (χ1n) is 11.2. The van der Waals surface area contributed by atoms with Gasteiger partial charge in [0.1, 0.15) is 17.6 Å². The highest BCUT2D eigenvalue weighted by Gasteiger charge is 2.33. The molecule has 178 valence electrons. The van der Waals surface area contributed by atoms with Gasteiger partial charge in [-0.15, -0.1) is 0 Å². The van der Waals surface area contributed by atoms with Gasteiger partial charge in [0.2, 0.25) is 5.69 Å². The Labute approximate surface area is 205 Å². The fraction of sp³-hybridized carbons (Fsp3) is 0.192. The lowest BCUT2D eigenvalue weighted by Gasteiger charge is -2.16. The van der Waals surface area contributed by atoms with Gasteiger partial charge in [0.25, 0.3) is 0 Å². The van der Waals surface area contributed by atoms with E-state index in [1.807, 2.05) is 6.07 Å². The number of pyridine rings is 1. The molecule has 7 nitrogen and oxygen atoms in total. The molecule has 4 aromatic rings. The largest absolute Gasteiger partial charge is 0.618 e. The summed E-state index contributed by atoms with van der Waals surface area (Å²) < 4.78 is 15.6. The van der Waals surface area contributed by atoms with Crippen LogP contribution in [0, 0.1) is 16.9 Å². The third-order valence-corrected chi connectivity index (χ3v) is 6.57. The second-order valence-electron chi connectivity index (χ2n) is 8.79. The van der Waals surface area contributed by atoms with Gasteiger partial charge in [-0.2, -0.15) is 4.73 Å². The quantitative estimate of drug-likeness (QED) is 0.182. The number of carbonyl (C=O) groups is 1. The van der Waals surface area contributed by atoms with E-state index in [-0.39, 0.29) is 11.5 Å². The summed E-state index contributed by atoms with van der Waals surface area (Å²) in [6.07, 6.45) is 5.81. The Kier molecular flexibility index (Phi) is 5.90. The molecule has 0 radical (unpaired) electrons. The highest BCUT2D eigenvalue weighted by molar-refractivity contribution is 6.31. The Morgan fingerprint density at radius 3 is 2.77 bits per heavy atom. The molecule has 0 amide bonds. The summed E-state index contributed by atoms with van der Waals surface area (Å²) in [5.74, 6) is -1.53. The van der Waals surface area contributed by atoms with Gasteiger partial charge in [0.05, 0.1) is 17.5 Å². The minimum Gasteiger partial charge on any atom is -0.618 e. The molecule has 1 atom stereocenters. The molecule has 0 bridgehead atoms. The van der Waals surface area contributed by atoms with Crippen molar-refractivity contribution in [3.63, 3.8) is 0 Å². The van der Waals surface area contributed by atoms with Crippen LogP contribution in [-0.2, 0) is 0 Å². The Bertz CT molecular complexity index is 1430.